The number of nitrogens with one attached hydrogen (secondary N) is 1. The molecule has 0 radical (unpaired) electrons. The summed E-state index contributed by atoms with van der Waals surface area (Å²) in [5.74, 6) is -2.32. The van der Waals surface area contributed by atoms with Crippen molar-refractivity contribution in [3.05, 3.63) is 87.6 Å². The predicted molar refractivity (Wildman–Crippen MR) is 120 cm³/mol. The van der Waals surface area contributed by atoms with Gasteiger partial charge >= 0.3 is 5.97 Å². The molecule has 0 spiro atoms. The normalized spacial score (nSPS) is 13.0. The Bertz CT molecular complexity index is 1340. The molecule has 0 atom stereocenters. The minimum Gasteiger partial charge on any atom is -0.478 e. The van der Waals surface area contributed by atoms with Gasteiger partial charge in [-0.1, -0.05) is 22.0 Å². The number of carboxylic acid groups (broad SMARTS) is 1. The van der Waals surface area contributed by atoms with Gasteiger partial charge in [-0.15, -0.1) is 0 Å². The van der Waals surface area contributed by atoms with Crippen molar-refractivity contribution in [2.24, 2.45) is 0 Å². The number of rotatable bonds is 5. The lowest BCUT2D eigenvalue weighted by Crippen LogP contribution is -2.29. The highest BCUT2D eigenvalue weighted by Gasteiger charge is 2.31. The zero-order valence-electron chi connectivity index (χ0n) is 16.4. The Kier molecular flexibility index (Phi) is 5.74. The van der Waals surface area contributed by atoms with E-state index in [2.05, 4.69) is 21.2 Å². The topological polar surface area (TPSA) is 104 Å². The molecule has 0 saturated carbocycles. The van der Waals surface area contributed by atoms with Crippen molar-refractivity contribution in [2.45, 2.75) is 11.3 Å². The summed E-state index contributed by atoms with van der Waals surface area (Å²) < 4.78 is 41.5. The number of anilines is 2. The fraction of sp³-hybridized carbons (Fsp3) is 0.0909. The van der Waals surface area contributed by atoms with Crippen LogP contribution in [0.4, 0.5) is 15.8 Å². The largest absolute Gasteiger partial charge is 0.478 e. The molecule has 7 nitrogen and oxygen atoms in total. The van der Waals surface area contributed by atoms with Gasteiger partial charge in [-0.3, -0.25) is 9.10 Å². The first-order valence-corrected chi connectivity index (χ1v) is 11.7. The summed E-state index contributed by atoms with van der Waals surface area (Å²) in [6, 6.07) is 13.7. The number of carboxylic acids is 1. The fourth-order valence-electron chi connectivity index (χ4n) is 3.48. The van der Waals surface area contributed by atoms with Crippen LogP contribution < -0.4 is 9.62 Å². The number of sulfonamides is 1. The van der Waals surface area contributed by atoms with E-state index in [0.717, 1.165) is 9.87 Å². The maximum absolute atomic E-state index is 13.6. The standard InChI is InChI=1S/C22H16BrFN2O5S/c23-15-4-8-19(18(11-15)22(28)29)25-21(27)14-2-6-17(7-3-14)32(30,31)26-10-9-13-1-5-16(24)12-20(13)26/h1-8,11-12H,9-10H2,(H,25,27)(H,28,29). The van der Waals surface area contributed by atoms with E-state index in [1.807, 2.05) is 0 Å². The van der Waals surface area contributed by atoms with Gasteiger partial charge < -0.3 is 10.4 Å². The van der Waals surface area contributed by atoms with E-state index in [4.69, 9.17) is 0 Å². The third-order valence-corrected chi connectivity index (χ3v) is 7.39. The van der Waals surface area contributed by atoms with E-state index in [9.17, 15) is 27.5 Å². The van der Waals surface area contributed by atoms with Crippen molar-refractivity contribution in [3.8, 4) is 0 Å². The summed E-state index contributed by atoms with van der Waals surface area (Å²) in [7, 11) is -3.94. The first-order chi connectivity index (χ1) is 15.2. The van der Waals surface area contributed by atoms with Crippen molar-refractivity contribution in [1.29, 1.82) is 0 Å². The molecular weight excluding hydrogens is 503 g/mol. The average Bonchev–Trinajstić information content (AvgIpc) is 3.18. The molecule has 164 valence electrons. The molecule has 4 rings (SSSR count). The van der Waals surface area contributed by atoms with Gasteiger partial charge in [-0.2, -0.15) is 0 Å². The quantitative estimate of drug-likeness (QED) is 0.524. The Balaban J connectivity index is 1.57. The molecule has 1 amide bonds. The minimum atomic E-state index is -3.94. The van der Waals surface area contributed by atoms with Crippen LogP contribution in [-0.2, 0) is 16.4 Å². The summed E-state index contributed by atoms with van der Waals surface area (Å²) in [6.45, 7) is 0.199. The second kappa shape index (κ2) is 8.36. The number of hydrogen-bond donors (Lipinski definition) is 2. The second-order valence-corrected chi connectivity index (χ2v) is 9.85. The van der Waals surface area contributed by atoms with Crippen LogP contribution in [0, 0.1) is 5.82 Å². The van der Waals surface area contributed by atoms with Gasteiger partial charge in [-0.25, -0.2) is 17.6 Å². The van der Waals surface area contributed by atoms with Crippen LogP contribution in [0.2, 0.25) is 0 Å². The molecular formula is C22H16BrFN2O5S. The Labute approximate surface area is 191 Å². The molecule has 0 aliphatic carbocycles. The highest BCUT2D eigenvalue weighted by molar-refractivity contribution is 9.10. The zero-order chi connectivity index (χ0) is 23.0. The Morgan fingerprint density at radius 2 is 1.75 bits per heavy atom. The lowest BCUT2D eigenvalue weighted by Gasteiger charge is -2.19. The minimum absolute atomic E-state index is 0.0407. The third-order valence-electron chi connectivity index (χ3n) is 5.06. The number of aromatic carboxylic acids is 1. The van der Waals surface area contributed by atoms with Crippen LogP contribution in [0.5, 0.6) is 0 Å². The van der Waals surface area contributed by atoms with Crippen molar-refractivity contribution >= 4 is 49.2 Å². The van der Waals surface area contributed by atoms with Gasteiger partial charge in [0.25, 0.3) is 15.9 Å². The number of halogens is 2. The van der Waals surface area contributed by atoms with Gasteiger partial charge in [0.15, 0.2) is 0 Å². The number of amides is 1. The van der Waals surface area contributed by atoms with Crippen LogP contribution in [-0.4, -0.2) is 31.9 Å². The molecule has 1 heterocycles. The molecule has 3 aromatic carbocycles. The van der Waals surface area contributed by atoms with E-state index in [-0.39, 0.29) is 28.3 Å². The molecule has 0 fully saturated rings. The van der Waals surface area contributed by atoms with E-state index in [1.54, 1.807) is 12.1 Å². The van der Waals surface area contributed by atoms with Gasteiger partial charge in [0.05, 0.1) is 21.8 Å². The summed E-state index contributed by atoms with van der Waals surface area (Å²) in [5, 5.41) is 11.8. The lowest BCUT2D eigenvalue weighted by molar-refractivity contribution is 0.0698. The van der Waals surface area contributed by atoms with Crippen molar-refractivity contribution < 1.29 is 27.5 Å². The highest BCUT2D eigenvalue weighted by atomic mass is 79.9. The number of nitrogens with zero attached hydrogens (tertiary/aromatic N) is 1. The molecule has 1 aliphatic rings. The van der Waals surface area contributed by atoms with E-state index < -0.39 is 27.7 Å². The summed E-state index contributed by atoms with van der Waals surface area (Å²) in [6.07, 6.45) is 0.481. The molecule has 3 aromatic rings. The third kappa shape index (κ3) is 4.11. The van der Waals surface area contributed by atoms with E-state index >= 15 is 0 Å². The number of hydrogen-bond acceptors (Lipinski definition) is 4. The van der Waals surface area contributed by atoms with Crippen molar-refractivity contribution in [3.63, 3.8) is 0 Å². The summed E-state index contributed by atoms with van der Waals surface area (Å²) in [5.41, 5.74) is 1.22. The van der Waals surface area contributed by atoms with Crippen molar-refractivity contribution in [1.82, 2.24) is 0 Å². The second-order valence-electron chi connectivity index (χ2n) is 7.07. The number of fused-ring (bicyclic) bond motifs is 1. The molecule has 10 heteroatoms. The first kappa shape index (κ1) is 22.0. The molecule has 32 heavy (non-hydrogen) atoms. The van der Waals surface area contributed by atoms with E-state index in [0.29, 0.717) is 16.6 Å². The maximum Gasteiger partial charge on any atom is 0.337 e. The fourth-order valence-corrected chi connectivity index (χ4v) is 5.33. The van der Waals surface area contributed by atoms with E-state index in [1.165, 1.54) is 48.5 Å². The van der Waals surface area contributed by atoms with Crippen LogP contribution in [0.25, 0.3) is 0 Å². The maximum atomic E-state index is 13.6. The number of carbonyl (C=O) groups excluding carboxylic acids is 1. The Morgan fingerprint density at radius 1 is 1.03 bits per heavy atom. The van der Waals surface area contributed by atoms with Crippen LogP contribution in [0.15, 0.2) is 70.0 Å². The monoisotopic (exact) mass is 518 g/mol. The molecule has 2 N–H and O–H groups in total. The van der Waals surface area contributed by atoms with Crippen LogP contribution >= 0.6 is 15.9 Å². The van der Waals surface area contributed by atoms with Gasteiger partial charge in [0.1, 0.15) is 5.82 Å². The SMILES string of the molecule is O=C(Nc1ccc(Br)cc1C(=O)O)c1ccc(S(=O)(=O)N2CCc3ccc(F)cc32)cc1. The van der Waals surface area contributed by atoms with Crippen LogP contribution in [0.3, 0.4) is 0 Å². The highest BCUT2D eigenvalue weighted by Crippen LogP contribution is 2.33. The molecule has 0 unspecified atom stereocenters. The van der Waals surface area contributed by atoms with Gasteiger partial charge in [-0.05, 0) is 66.6 Å². The molecule has 0 saturated heterocycles. The first-order valence-electron chi connectivity index (χ1n) is 9.42. The summed E-state index contributed by atoms with van der Waals surface area (Å²) >= 11 is 3.19. The zero-order valence-corrected chi connectivity index (χ0v) is 18.8. The number of benzene rings is 3. The molecule has 0 aromatic heterocycles. The van der Waals surface area contributed by atoms with Crippen LogP contribution in [0.1, 0.15) is 26.3 Å². The Hall–Kier alpha value is -3.24. The number of carbonyl (C=O) groups is 2. The molecule has 1 aliphatic heterocycles. The lowest BCUT2D eigenvalue weighted by atomic mass is 10.1. The summed E-state index contributed by atoms with van der Waals surface area (Å²) in [4.78, 5) is 23.9. The van der Waals surface area contributed by atoms with Gasteiger partial charge in [0.2, 0.25) is 0 Å². The molecule has 0 bridgehead atoms. The van der Waals surface area contributed by atoms with Crippen molar-refractivity contribution in [2.75, 3.05) is 16.2 Å². The van der Waals surface area contributed by atoms with Gasteiger partial charge in [0, 0.05) is 16.6 Å². The predicted octanol–water partition coefficient (Wildman–Crippen LogP) is 4.29. The smallest absolute Gasteiger partial charge is 0.337 e. The average molecular weight is 519 g/mol. The Morgan fingerprint density at radius 3 is 2.44 bits per heavy atom.